The highest BCUT2D eigenvalue weighted by Gasteiger charge is 1.93. The average Bonchev–Trinajstić information content (AvgIpc) is 2.37. The van der Waals surface area contributed by atoms with Crippen LogP contribution in [0.4, 0.5) is 0 Å². The molecule has 0 aromatic carbocycles. The Labute approximate surface area is 116 Å². The van der Waals surface area contributed by atoms with E-state index in [0.717, 1.165) is 0 Å². The molecule has 0 saturated carbocycles. The van der Waals surface area contributed by atoms with Gasteiger partial charge in [0.1, 0.15) is 0 Å². The lowest BCUT2D eigenvalue weighted by Crippen LogP contribution is -1.82. The van der Waals surface area contributed by atoms with E-state index in [1.165, 1.54) is 83.5 Å². The van der Waals surface area contributed by atoms with E-state index < -0.39 is 0 Å². The molecular weight excluding hydrogens is 216 g/mol. The van der Waals surface area contributed by atoms with Gasteiger partial charge in [0.25, 0.3) is 0 Å². The molecule has 0 aliphatic rings. The van der Waals surface area contributed by atoms with Gasteiger partial charge in [0, 0.05) is 0 Å². The summed E-state index contributed by atoms with van der Waals surface area (Å²) in [6.07, 6.45) is 20.7. The van der Waals surface area contributed by atoms with Gasteiger partial charge in [0.15, 0.2) is 0 Å². The highest BCUT2D eigenvalue weighted by atomic mass is 14.0. The molecule has 0 nitrogen and oxygen atoms in total. The van der Waals surface area contributed by atoms with Gasteiger partial charge in [0.2, 0.25) is 0 Å². The number of allylic oxidation sites excluding steroid dienone is 2. The molecule has 0 spiro atoms. The fourth-order valence-electron chi connectivity index (χ4n) is 2.38. The maximum absolute atomic E-state index is 2.49. The van der Waals surface area contributed by atoms with E-state index in [-0.39, 0.29) is 0 Å². The van der Waals surface area contributed by atoms with E-state index in [1.807, 2.05) is 0 Å². The van der Waals surface area contributed by atoms with Crippen LogP contribution in [0.5, 0.6) is 0 Å². The minimum Gasteiger partial charge on any atom is -0.0856 e. The number of rotatable bonds is 13. The van der Waals surface area contributed by atoms with Crippen molar-refractivity contribution in [2.45, 2.75) is 104 Å². The Morgan fingerprint density at radius 1 is 0.667 bits per heavy atom. The number of unbranched alkanes of at least 4 members (excludes halogenated alkanes) is 10. The largest absolute Gasteiger partial charge is 0.0856 e. The van der Waals surface area contributed by atoms with Crippen LogP contribution in [0.2, 0.25) is 0 Å². The Morgan fingerprint density at radius 3 is 1.78 bits per heavy atom. The van der Waals surface area contributed by atoms with Crippen LogP contribution in [0.25, 0.3) is 0 Å². The second-order valence-corrected chi connectivity index (χ2v) is 5.77. The van der Waals surface area contributed by atoms with Crippen molar-refractivity contribution >= 4 is 0 Å². The van der Waals surface area contributed by atoms with E-state index in [1.54, 1.807) is 5.57 Å². The third-order valence-corrected chi connectivity index (χ3v) is 3.73. The van der Waals surface area contributed by atoms with Crippen LogP contribution in [-0.4, -0.2) is 0 Å². The lowest BCUT2D eigenvalue weighted by molar-refractivity contribution is 0.608. The minimum atomic E-state index is 1.31. The Hall–Kier alpha value is -0.260. The molecule has 0 heteroatoms. The van der Waals surface area contributed by atoms with Crippen molar-refractivity contribution in [3.63, 3.8) is 0 Å². The van der Waals surface area contributed by atoms with Gasteiger partial charge in [-0.1, -0.05) is 83.3 Å². The monoisotopic (exact) mass is 252 g/mol. The maximum atomic E-state index is 2.49. The Kier molecular flexibility index (Phi) is 14.6. The highest BCUT2D eigenvalue weighted by molar-refractivity contribution is 4.97. The standard InChI is InChI=1S/C18H36/c1-4-6-8-10-11-13-15-17-18(3)16-14-12-9-7-5-2/h17H,4-16H2,1-3H3. The van der Waals surface area contributed by atoms with Crippen LogP contribution in [-0.2, 0) is 0 Å². The van der Waals surface area contributed by atoms with Gasteiger partial charge in [0.05, 0.1) is 0 Å². The summed E-state index contributed by atoms with van der Waals surface area (Å²) in [5.41, 5.74) is 1.63. The van der Waals surface area contributed by atoms with Gasteiger partial charge < -0.3 is 0 Å². The van der Waals surface area contributed by atoms with E-state index in [2.05, 4.69) is 26.8 Å². The van der Waals surface area contributed by atoms with Crippen molar-refractivity contribution < 1.29 is 0 Å². The topological polar surface area (TPSA) is 0 Å². The summed E-state index contributed by atoms with van der Waals surface area (Å²) in [6.45, 7) is 6.88. The molecule has 108 valence electrons. The highest BCUT2D eigenvalue weighted by Crippen LogP contribution is 2.13. The Morgan fingerprint density at radius 2 is 1.17 bits per heavy atom. The summed E-state index contributed by atoms with van der Waals surface area (Å²) in [6, 6.07) is 0. The summed E-state index contributed by atoms with van der Waals surface area (Å²) < 4.78 is 0. The summed E-state index contributed by atoms with van der Waals surface area (Å²) in [5.74, 6) is 0. The quantitative estimate of drug-likeness (QED) is 0.243. The molecule has 0 aromatic rings. The van der Waals surface area contributed by atoms with Crippen LogP contribution >= 0.6 is 0 Å². The normalized spacial score (nSPS) is 12.1. The summed E-state index contributed by atoms with van der Waals surface area (Å²) >= 11 is 0. The van der Waals surface area contributed by atoms with Crippen LogP contribution in [0, 0.1) is 0 Å². The lowest BCUT2D eigenvalue weighted by atomic mass is 10.0. The molecule has 0 amide bonds. The Bertz CT molecular complexity index is 178. The van der Waals surface area contributed by atoms with Crippen molar-refractivity contribution in [2.75, 3.05) is 0 Å². The lowest BCUT2D eigenvalue weighted by Gasteiger charge is -2.02. The zero-order valence-electron chi connectivity index (χ0n) is 13.3. The van der Waals surface area contributed by atoms with Gasteiger partial charge in [-0.15, -0.1) is 0 Å². The Balaban J connectivity index is 3.25. The maximum Gasteiger partial charge on any atom is -0.0323 e. The van der Waals surface area contributed by atoms with Gasteiger partial charge in [-0.3, -0.25) is 0 Å². The van der Waals surface area contributed by atoms with Crippen LogP contribution in [0.3, 0.4) is 0 Å². The van der Waals surface area contributed by atoms with Gasteiger partial charge in [-0.25, -0.2) is 0 Å². The summed E-state index contributed by atoms with van der Waals surface area (Å²) in [4.78, 5) is 0. The van der Waals surface area contributed by atoms with Crippen molar-refractivity contribution in [2.24, 2.45) is 0 Å². The molecule has 0 N–H and O–H groups in total. The molecule has 0 aliphatic carbocycles. The molecule has 0 saturated heterocycles. The zero-order chi connectivity index (χ0) is 13.5. The van der Waals surface area contributed by atoms with Gasteiger partial charge in [-0.2, -0.15) is 0 Å². The second-order valence-electron chi connectivity index (χ2n) is 5.77. The predicted molar refractivity (Wildman–Crippen MR) is 85.1 cm³/mol. The van der Waals surface area contributed by atoms with E-state index >= 15 is 0 Å². The smallest absolute Gasteiger partial charge is 0.0323 e. The average molecular weight is 252 g/mol. The minimum absolute atomic E-state index is 1.31. The van der Waals surface area contributed by atoms with Crippen molar-refractivity contribution in [1.29, 1.82) is 0 Å². The summed E-state index contributed by atoms with van der Waals surface area (Å²) in [5, 5.41) is 0. The molecule has 0 atom stereocenters. The first kappa shape index (κ1) is 17.7. The molecule has 0 heterocycles. The fraction of sp³-hybridized carbons (Fsp3) is 0.889. The molecule has 0 unspecified atom stereocenters. The van der Waals surface area contributed by atoms with E-state index in [0.29, 0.717) is 0 Å². The predicted octanol–water partition coefficient (Wildman–Crippen LogP) is 7.04. The SMILES string of the molecule is CCCCCCCCC=C(C)CCCCCCC. The second kappa shape index (κ2) is 14.8. The third kappa shape index (κ3) is 13.8. The molecule has 18 heavy (non-hydrogen) atoms. The first-order chi connectivity index (χ1) is 8.81. The fourth-order valence-corrected chi connectivity index (χ4v) is 2.38. The molecule has 0 aromatic heterocycles. The van der Waals surface area contributed by atoms with Gasteiger partial charge in [-0.05, 0) is 32.6 Å². The first-order valence-electron chi connectivity index (χ1n) is 8.46. The van der Waals surface area contributed by atoms with Gasteiger partial charge >= 0.3 is 0 Å². The molecule has 0 radical (unpaired) electrons. The first-order valence-corrected chi connectivity index (χ1v) is 8.46. The van der Waals surface area contributed by atoms with Crippen molar-refractivity contribution in [3.8, 4) is 0 Å². The number of hydrogen-bond acceptors (Lipinski definition) is 0. The van der Waals surface area contributed by atoms with Crippen LogP contribution in [0.15, 0.2) is 11.6 Å². The van der Waals surface area contributed by atoms with Crippen LogP contribution in [0.1, 0.15) is 104 Å². The summed E-state index contributed by atoms with van der Waals surface area (Å²) in [7, 11) is 0. The van der Waals surface area contributed by atoms with Crippen molar-refractivity contribution in [3.05, 3.63) is 11.6 Å². The molecule has 0 rings (SSSR count). The molecule has 0 bridgehead atoms. The third-order valence-electron chi connectivity index (χ3n) is 3.73. The molecule has 0 fully saturated rings. The van der Waals surface area contributed by atoms with Crippen LogP contribution < -0.4 is 0 Å². The van der Waals surface area contributed by atoms with E-state index in [9.17, 15) is 0 Å². The van der Waals surface area contributed by atoms with Crippen molar-refractivity contribution in [1.82, 2.24) is 0 Å². The zero-order valence-corrected chi connectivity index (χ0v) is 13.3. The van der Waals surface area contributed by atoms with E-state index in [4.69, 9.17) is 0 Å². The molecular formula is C18H36. The molecule has 0 aliphatic heterocycles. The number of hydrogen-bond donors (Lipinski definition) is 0.